The van der Waals surface area contributed by atoms with Crippen LogP contribution in [-0.2, 0) is 0 Å². The molecule has 1 aromatic heterocycles. The van der Waals surface area contributed by atoms with E-state index in [1.807, 2.05) is 36.2 Å². The highest BCUT2D eigenvalue weighted by Gasteiger charge is 2.39. The molecule has 2 aliphatic heterocycles. The maximum atomic E-state index is 5.42. The van der Waals surface area contributed by atoms with Crippen LogP contribution in [0.2, 0.25) is 0 Å². The molecule has 0 bridgehead atoms. The number of pyridine rings is 1. The van der Waals surface area contributed by atoms with Gasteiger partial charge in [-0.3, -0.25) is 9.98 Å². The smallest absolute Gasteiger partial charge is 0.170 e. The lowest BCUT2D eigenvalue weighted by molar-refractivity contribution is 0.414. The first-order chi connectivity index (χ1) is 13.8. The maximum absolute atomic E-state index is 5.42. The van der Waals surface area contributed by atoms with Crippen LogP contribution in [0.25, 0.3) is 0 Å². The second-order valence-corrected chi connectivity index (χ2v) is 8.87. The third-order valence-electron chi connectivity index (χ3n) is 4.86. The second-order valence-electron chi connectivity index (χ2n) is 6.61. The Morgan fingerprint density at radius 3 is 2.71 bits per heavy atom. The fourth-order valence-electron chi connectivity index (χ4n) is 3.52. The Morgan fingerprint density at radius 2 is 1.93 bits per heavy atom. The van der Waals surface area contributed by atoms with Gasteiger partial charge in [-0.2, -0.15) is 0 Å². The van der Waals surface area contributed by atoms with Gasteiger partial charge in [-0.1, -0.05) is 24.3 Å². The molecule has 0 radical (unpaired) electrons. The van der Waals surface area contributed by atoms with E-state index in [4.69, 9.17) is 9.73 Å². The van der Waals surface area contributed by atoms with Gasteiger partial charge in [-0.25, -0.2) is 0 Å². The summed E-state index contributed by atoms with van der Waals surface area (Å²) >= 11 is 3.60. The number of methoxy groups -OCH3 is 1. The van der Waals surface area contributed by atoms with Crippen molar-refractivity contribution in [1.82, 2.24) is 4.98 Å². The van der Waals surface area contributed by atoms with Gasteiger partial charge in [-0.15, -0.1) is 11.8 Å². The van der Waals surface area contributed by atoms with Crippen LogP contribution in [0.15, 0.2) is 87.7 Å². The Morgan fingerprint density at radius 1 is 1.07 bits per heavy atom. The highest BCUT2D eigenvalue weighted by atomic mass is 32.2. The number of hydrogen-bond donors (Lipinski definition) is 0. The number of ether oxygens (including phenoxy) is 1. The second kappa shape index (κ2) is 7.53. The van der Waals surface area contributed by atoms with Gasteiger partial charge < -0.3 is 9.64 Å². The zero-order valence-corrected chi connectivity index (χ0v) is 17.0. The predicted octanol–water partition coefficient (Wildman–Crippen LogP) is 5.62. The quantitative estimate of drug-likeness (QED) is 0.563. The fraction of sp³-hybridized carbons (Fsp3) is 0.182. The third-order valence-corrected chi connectivity index (χ3v) is 7.11. The van der Waals surface area contributed by atoms with Gasteiger partial charge >= 0.3 is 0 Å². The van der Waals surface area contributed by atoms with Gasteiger partial charge in [0.15, 0.2) is 5.17 Å². The molecule has 0 spiro atoms. The van der Waals surface area contributed by atoms with Gasteiger partial charge in [-0.05, 0) is 54.2 Å². The summed E-state index contributed by atoms with van der Waals surface area (Å²) in [5.41, 5.74) is 2.24. The number of hydrogen-bond acceptors (Lipinski definition) is 6. The molecule has 140 valence electrons. The van der Waals surface area contributed by atoms with Crippen LogP contribution in [-0.4, -0.2) is 22.6 Å². The van der Waals surface area contributed by atoms with Gasteiger partial charge in [0.1, 0.15) is 5.75 Å². The molecule has 2 atom stereocenters. The molecule has 28 heavy (non-hydrogen) atoms. The molecular weight excluding hydrogens is 386 g/mol. The number of benzene rings is 2. The summed E-state index contributed by atoms with van der Waals surface area (Å²) in [7, 11) is 1.71. The molecule has 6 heteroatoms. The lowest BCUT2D eigenvalue weighted by atomic mass is 10.1. The Bertz CT molecular complexity index is 1010. The summed E-state index contributed by atoms with van der Waals surface area (Å²) in [5.74, 6) is 0.875. The number of amidine groups is 1. The van der Waals surface area contributed by atoms with Crippen molar-refractivity contribution in [3.63, 3.8) is 0 Å². The van der Waals surface area contributed by atoms with E-state index in [0.29, 0.717) is 0 Å². The molecule has 4 nitrogen and oxygen atoms in total. The van der Waals surface area contributed by atoms with Crippen molar-refractivity contribution in [1.29, 1.82) is 0 Å². The number of rotatable bonds is 4. The van der Waals surface area contributed by atoms with E-state index in [1.165, 1.54) is 15.5 Å². The third kappa shape index (κ3) is 3.27. The standard InChI is InChI=1S/C22H19N3OS2/c1-26-15-10-11-19-20(13-15)28-22-24-18(17-9-5-6-12-23-17)14-21(25(19)22)27-16-7-3-2-4-8-16/h2-13,18,21H,14H2,1H3. The Kier molecular flexibility index (Phi) is 4.74. The van der Waals surface area contributed by atoms with E-state index in [9.17, 15) is 0 Å². The first kappa shape index (κ1) is 17.6. The van der Waals surface area contributed by atoms with Crippen molar-refractivity contribution in [3.05, 3.63) is 78.6 Å². The monoisotopic (exact) mass is 405 g/mol. The Balaban J connectivity index is 1.55. The topological polar surface area (TPSA) is 37.7 Å². The van der Waals surface area contributed by atoms with Crippen LogP contribution < -0.4 is 9.64 Å². The lowest BCUT2D eigenvalue weighted by Gasteiger charge is -2.35. The predicted molar refractivity (Wildman–Crippen MR) is 116 cm³/mol. The number of thioether (sulfide) groups is 2. The summed E-state index contributed by atoms with van der Waals surface area (Å²) in [6, 6.07) is 23.0. The van der Waals surface area contributed by atoms with Crippen molar-refractivity contribution in [3.8, 4) is 5.75 Å². The van der Waals surface area contributed by atoms with E-state index in [-0.39, 0.29) is 11.4 Å². The number of aromatic nitrogens is 1. The minimum atomic E-state index is 0.0670. The SMILES string of the molecule is COc1ccc2c(c1)SC1=NC(c3ccccn3)CC(Sc3ccccc3)N12. The number of aliphatic imine (C=N–C) groups is 1. The van der Waals surface area contributed by atoms with E-state index >= 15 is 0 Å². The number of anilines is 1. The molecule has 5 rings (SSSR count). The van der Waals surface area contributed by atoms with Gasteiger partial charge in [0.25, 0.3) is 0 Å². The first-order valence-electron chi connectivity index (χ1n) is 9.17. The normalized spacial score (nSPS) is 20.3. The average molecular weight is 406 g/mol. The maximum Gasteiger partial charge on any atom is 0.170 e. The Labute approximate surface area is 173 Å². The molecule has 0 saturated heterocycles. The molecule has 2 unspecified atom stereocenters. The summed E-state index contributed by atoms with van der Waals surface area (Å²) in [5, 5.41) is 1.29. The van der Waals surface area contributed by atoms with Crippen LogP contribution >= 0.6 is 23.5 Å². The zero-order valence-electron chi connectivity index (χ0n) is 15.4. The summed E-state index contributed by atoms with van der Waals surface area (Å²) in [6.07, 6.45) is 2.76. The fourth-order valence-corrected chi connectivity index (χ4v) is 5.96. The van der Waals surface area contributed by atoms with E-state index < -0.39 is 0 Å². The van der Waals surface area contributed by atoms with Crippen molar-refractivity contribution in [2.75, 3.05) is 12.0 Å². The van der Waals surface area contributed by atoms with Crippen molar-refractivity contribution in [2.45, 2.75) is 27.6 Å². The minimum Gasteiger partial charge on any atom is -0.497 e. The highest BCUT2D eigenvalue weighted by molar-refractivity contribution is 8.15. The molecule has 2 aliphatic rings. The van der Waals surface area contributed by atoms with E-state index in [1.54, 1.807) is 18.9 Å². The first-order valence-corrected chi connectivity index (χ1v) is 10.9. The lowest BCUT2D eigenvalue weighted by Crippen LogP contribution is -2.39. The molecule has 0 aliphatic carbocycles. The molecule has 0 fully saturated rings. The zero-order chi connectivity index (χ0) is 18.9. The summed E-state index contributed by atoms with van der Waals surface area (Å²) < 4.78 is 5.42. The summed E-state index contributed by atoms with van der Waals surface area (Å²) in [6.45, 7) is 0. The van der Waals surface area contributed by atoms with Crippen molar-refractivity contribution >= 4 is 34.4 Å². The molecule has 2 aromatic carbocycles. The van der Waals surface area contributed by atoms with Crippen LogP contribution in [0.1, 0.15) is 18.2 Å². The van der Waals surface area contributed by atoms with Crippen LogP contribution in [0.5, 0.6) is 5.75 Å². The van der Waals surface area contributed by atoms with Gasteiger partial charge in [0.2, 0.25) is 0 Å². The van der Waals surface area contributed by atoms with Crippen molar-refractivity contribution in [2.24, 2.45) is 4.99 Å². The highest BCUT2D eigenvalue weighted by Crippen LogP contribution is 2.50. The summed E-state index contributed by atoms with van der Waals surface area (Å²) in [4.78, 5) is 14.5. The van der Waals surface area contributed by atoms with Crippen molar-refractivity contribution < 1.29 is 4.74 Å². The van der Waals surface area contributed by atoms with E-state index in [2.05, 4.69) is 58.4 Å². The van der Waals surface area contributed by atoms with E-state index in [0.717, 1.165) is 23.0 Å². The average Bonchev–Trinajstić information content (AvgIpc) is 3.13. The number of nitrogens with zero attached hydrogens (tertiary/aromatic N) is 3. The molecule has 0 amide bonds. The molecule has 3 heterocycles. The van der Waals surface area contributed by atoms with Crippen LogP contribution in [0.3, 0.4) is 0 Å². The number of fused-ring (bicyclic) bond motifs is 3. The van der Waals surface area contributed by atoms with Gasteiger partial charge in [0.05, 0.1) is 29.9 Å². The largest absolute Gasteiger partial charge is 0.497 e. The molecular formula is C22H19N3OS2. The van der Waals surface area contributed by atoms with Crippen LogP contribution in [0.4, 0.5) is 5.69 Å². The molecule has 0 saturated carbocycles. The van der Waals surface area contributed by atoms with Gasteiger partial charge in [0, 0.05) is 22.4 Å². The van der Waals surface area contributed by atoms with Crippen LogP contribution in [0, 0.1) is 0 Å². The molecule has 3 aromatic rings. The molecule has 0 N–H and O–H groups in total. The minimum absolute atomic E-state index is 0.0670. The Hall–Kier alpha value is -2.44.